The van der Waals surface area contributed by atoms with Crippen molar-refractivity contribution in [3.05, 3.63) is 17.8 Å². The van der Waals surface area contributed by atoms with Crippen LogP contribution in [-0.4, -0.2) is 24.7 Å². The molecule has 0 fully saturated rings. The van der Waals surface area contributed by atoms with Crippen LogP contribution in [-0.2, 0) is 11.3 Å². The summed E-state index contributed by atoms with van der Waals surface area (Å²) in [6.07, 6.45) is 2.77. The Morgan fingerprint density at radius 1 is 1.64 bits per heavy atom. The largest absolute Gasteiger partial charge is 0.445 e. The van der Waals surface area contributed by atoms with E-state index in [1.54, 1.807) is 13.3 Å². The van der Waals surface area contributed by atoms with E-state index in [4.69, 9.17) is 9.15 Å². The van der Waals surface area contributed by atoms with E-state index < -0.39 is 0 Å². The molecule has 0 aromatic carbocycles. The van der Waals surface area contributed by atoms with Crippen molar-refractivity contribution in [2.24, 2.45) is 0 Å². The van der Waals surface area contributed by atoms with Crippen LogP contribution in [0.4, 0.5) is 0 Å². The number of aryl methyl sites for hydroxylation is 1. The lowest BCUT2D eigenvalue weighted by atomic mass is 10.2. The average Bonchev–Trinajstić information content (AvgIpc) is 2.59. The van der Waals surface area contributed by atoms with Crippen molar-refractivity contribution in [2.75, 3.05) is 13.7 Å². The lowest BCUT2D eigenvalue weighted by molar-refractivity contribution is 0.162. The minimum atomic E-state index is 0.368. The van der Waals surface area contributed by atoms with E-state index in [1.165, 1.54) is 0 Å². The summed E-state index contributed by atoms with van der Waals surface area (Å²) in [6, 6.07) is 0.368. The lowest BCUT2D eigenvalue weighted by Crippen LogP contribution is -2.32. The van der Waals surface area contributed by atoms with Crippen molar-refractivity contribution in [2.45, 2.75) is 32.9 Å². The summed E-state index contributed by atoms with van der Waals surface area (Å²) in [5.74, 6) is 1.58. The van der Waals surface area contributed by atoms with Crippen LogP contribution in [0.15, 0.2) is 10.6 Å². The lowest BCUT2D eigenvalue weighted by Gasteiger charge is -2.14. The molecule has 4 nitrogen and oxygen atoms in total. The van der Waals surface area contributed by atoms with Gasteiger partial charge in [-0.1, -0.05) is 6.92 Å². The van der Waals surface area contributed by atoms with Crippen LogP contribution in [0.3, 0.4) is 0 Å². The number of ether oxygens (including phenoxy) is 1. The van der Waals surface area contributed by atoms with Gasteiger partial charge in [-0.05, 0) is 13.3 Å². The van der Waals surface area contributed by atoms with Crippen LogP contribution < -0.4 is 5.32 Å². The number of rotatable bonds is 6. The molecular weight excluding hydrogens is 180 g/mol. The molecule has 0 aliphatic carbocycles. The third-order valence-corrected chi connectivity index (χ3v) is 2.07. The van der Waals surface area contributed by atoms with Crippen molar-refractivity contribution in [3.63, 3.8) is 0 Å². The van der Waals surface area contributed by atoms with Crippen molar-refractivity contribution in [1.29, 1.82) is 0 Å². The van der Waals surface area contributed by atoms with Gasteiger partial charge in [0.2, 0.25) is 5.89 Å². The van der Waals surface area contributed by atoms with Gasteiger partial charge in [-0.3, -0.25) is 0 Å². The highest BCUT2D eigenvalue weighted by Gasteiger charge is 2.06. The van der Waals surface area contributed by atoms with Crippen LogP contribution >= 0.6 is 0 Å². The molecule has 1 N–H and O–H groups in total. The number of hydrogen-bond acceptors (Lipinski definition) is 4. The Bertz CT molecular complexity index is 260. The number of methoxy groups -OCH3 is 1. The number of hydrogen-bond donors (Lipinski definition) is 1. The van der Waals surface area contributed by atoms with Gasteiger partial charge in [-0.2, -0.15) is 0 Å². The Morgan fingerprint density at radius 3 is 2.93 bits per heavy atom. The maximum atomic E-state index is 5.34. The molecule has 0 radical (unpaired) electrons. The van der Waals surface area contributed by atoms with Gasteiger partial charge in [-0.25, -0.2) is 4.98 Å². The van der Waals surface area contributed by atoms with Gasteiger partial charge in [0.05, 0.1) is 19.3 Å². The molecule has 1 atom stereocenters. The standard InChI is InChI=1S/C10H18N2O2/c1-4-9(7-13-3)11-6-10-12-5-8(2)14-10/h5,9,11H,4,6-7H2,1-3H3. The molecule has 0 spiro atoms. The van der Waals surface area contributed by atoms with Crippen molar-refractivity contribution < 1.29 is 9.15 Å². The first kappa shape index (κ1) is 11.2. The molecule has 80 valence electrons. The summed E-state index contributed by atoms with van der Waals surface area (Å²) in [5.41, 5.74) is 0. The van der Waals surface area contributed by atoms with E-state index in [0.717, 1.165) is 24.7 Å². The van der Waals surface area contributed by atoms with Gasteiger partial charge in [0.25, 0.3) is 0 Å². The fourth-order valence-corrected chi connectivity index (χ4v) is 1.24. The zero-order valence-corrected chi connectivity index (χ0v) is 9.04. The third kappa shape index (κ3) is 3.47. The van der Waals surface area contributed by atoms with Gasteiger partial charge >= 0.3 is 0 Å². The summed E-state index contributed by atoms with van der Waals surface area (Å²) in [6.45, 7) is 5.40. The van der Waals surface area contributed by atoms with Crippen LogP contribution in [0.5, 0.6) is 0 Å². The molecule has 1 heterocycles. The molecule has 1 rings (SSSR count). The highest BCUT2D eigenvalue weighted by Crippen LogP contribution is 2.02. The predicted molar refractivity (Wildman–Crippen MR) is 54.0 cm³/mol. The second-order valence-corrected chi connectivity index (χ2v) is 3.31. The van der Waals surface area contributed by atoms with Gasteiger partial charge in [-0.15, -0.1) is 0 Å². The van der Waals surface area contributed by atoms with E-state index in [2.05, 4.69) is 17.2 Å². The summed E-state index contributed by atoms with van der Waals surface area (Å²) in [4.78, 5) is 4.11. The van der Waals surface area contributed by atoms with Crippen LogP contribution in [0.1, 0.15) is 25.0 Å². The average molecular weight is 198 g/mol. The fourth-order valence-electron chi connectivity index (χ4n) is 1.24. The number of oxazole rings is 1. The van der Waals surface area contributed by atoms with Gasteiger partial charge < -0.3 is 14.5 Å². The Labute approximate surface area is 84.7 Å². The van der Waals surface area contributed by atoms with Gasteiger partial charge in [0.15, 0.2) is 0 Å². The fraction of sp³-hybridized carbons (Fsp3) is 0.700. The minimum absolute atomic E-state index is 0.368. The first-order valence-corrected chi connectivity index (χ1v) is 4.90. The monoisotopic (exact) mass is 198 g/mol. The normalized spacial score (nSPS) is 13.1. The quantitative estimate of drug-likeness (QED) is 0.752. The maximum absolute atomic E-state index is 5.34. The molecule has 0 saturated carbocycles. The van der Waals surface area contributed by atoms with E-state index in [0.29, 0.717) is 12.6 Å². The topological polar surface area (TPSA) is 47.3 Å². The molecule has 0 bridgehead atoms. The second kappa shape index (κ2) is 5.78. The molecule has 0 aliphatic rings. The molecule has 14 heavy (non-hydrogen) atoms. The highest BCUT2D eigenvalue weighted by molar-refractivity contribution is 4.90. The molecule has 4 heteroatoms. The van der Waals surface area contributed by atoms with Gasteiger partial charge in [0, 0.05) is 13.2 Å². The second-order valence-electron chi connectivity index (χ2n) is 3.31. The van der Waals surface area contributed by atoms with Crippen molar-refractivity contribution >= 4 is 0 Å². The van der Waals surface area contributed by atoms with Crippen LogP contribution in [0.2, 0.25) is 0 Å². The van der Waals surface area contributed by atoms with Gasteiger partial charge in [0.1, 0.15) is 5.76 Å². The molecule has 0 amide bonds. The molecule has 1 aromatic heterocycles. The Kier molecular flexibility index (Phi) is 4.62. The third-order valence-electron chi connectivity index (χ3n) is 2.07. The van der Waals surface area contributed by atoms with E-state index in [1.807, 2.05) is 6.92 Å². The van der Waals surface area contributed by atoms with Crippen molar-refractivity contribution in [1.82, 2.24) is 10.3 Å². The highest BCUT2D eigenvalue weighted by atomic mass is 16.5. The van der Waals surface area contributed by atoms with E-state index in [-0.39, 0.29) is 0 Å². The Balaban J connectivity index is 2.31. The zero-order chi connectivity index (χ0) is 10.4. The minimum Gasteiger partial charge on any atom is -0.445 e. The maximum Gasteiger partial charge on any atom is 0.208 e. The van der Waals surface area contributed by atoms with Crippen LogP contribution in [0, 0.1) is 6.92 Å². The number of aromatic nitrogens is 1. The molecule has 0 saturated heterocycles. The Hall–Kier alpha value is -0.870. The first-order valence-electron chi connectivity index (χ1n) is 4.90. The predicted octanol–water partition coefficient (Wildman–Crippen LogP) is 1.50. The smallest absolute Gasteiger partial charge is 0.208 e. The number of nitrogens with zero attached hydrogens (tertiary/aromatic N) is 1. The summed E-state index contributed by atoms with van der Waals surface area (Å²) < 4.78 is 10.4. The summed E-state index contributed by atoms with van der Waals surface area (Å²) >= 11 is 0. The van der Waals surface area contributed by atoms with Crippen LogP contribution in [0.25, 0.3) is 0 Å². The molecule has 1 aromatic rings. The van der Waals surface area contributed by atoms with E-state index in [9.17, 15) is 0 Å². The number of nitrogens with one attached hydrogen (secondary N) is 1. The summed E-state index contributed by atoms with van der Waals surface area (Å²) in [7, 11) is 1.71. The van der Waals surface area contributed by atoms with E-state index >= 15 is 0 Å². The zero-order valence-electron chi connectivity index (χ0n) is 9.04. The molecule has 1 unspecified atom stereocenters. The summed E-state index contributed by atoms with van der Waals surface area (Å²) in [5, 5.41) is 3.32. The SMILES string of the molecule is CCC(COC)NCc1ncc(C)o1. The van der Waals surface area contributed by atoms with Crippen molar-refractivity contribution in [3.8, 4) is 0 Å². The molecular formula is C10H18N2O2. The Morgan fingerprint density at radius 2 is 2.43 bits per heavy atom. The first-order chi connectivity index (χ1) is 6.76. The molecule has 0 aliphatic heterocycles.